The largest absolute Gasteiger partial charge is 0.495 e. The van der Waals surface area contributed by atoms with E-state index in [1.165, 1.54) is 13.2 Å². The van der Waals surface area contributed by atoms with Gasteiger partial charge in [0.15, 0.2) is 5.03 Å². The molecule has 0 radical (unpaired) electrons. The number of nitrogens with one attached hydrogen (secondary N) is 1. The van der Waals surface area contributed by atoms with Crippen molar-refractivity contribution in [3.8, 4) is 22.9 Å². The Morgan fingerprint density at radius 2 is 1.78 bits per heavy atom. The number of nitrogens with zero attached hydrogens (tertiary/aromatic N) is 3. The van der Waals surface area contributed by atoms with Gasteiger partial charge in [-0.1, -0.05) is 12.1 Å². The second kappa shape index (κ2) is 7.58. The molecule has 9 heteroatoms. The molecular formula is C18H18N4O4S. The minimum absolute atomic E-state index is 0.165. The summed E-state index contributed by atoms with van der Waals surface area (Å²) < 4.78 is 38.0. The van der Waals surface area contributed by atoms with Crippen LogP contribution < -0.4 is 14.2 Å². The van der Waals surface area contributed by atoms with Crippen LogP contribution in [0.4, 0.5) is 5.69 Å². The number of benzene rings is 1. The van der Waals surface area contributed by atoms with E-state index in [2.05, 4.69) is 19.7 Å². The fourth-order valence-electron chi connectivity index (χ4n) is 2.34. The van der Waals surface area contributed by atoms with Gasteiger partial charge >= 0.3 is 0 Å². The highest BCUT2D eigenvalue weighted by molar-refractivity contribution is 7.92. The zero-order chi connectivity index (χ0) is 19.4. The molecule has 0 saturated heterocycles. The summed E-state index contributed by atoms with van der Waals surface area (Å²) in [5.74, 6) is 0.808. The number of methoxy groups -OCH3 is 2. The molecule has 0 saturated carbocycles. The van der Waals surface area contributed by atoms with E-state index in [1.54, 1.807) is 31.5 Å². The highest BCUT2D eigenvalue weighted by Crippen LogP contribution is 2.27. The lowest BCUT2D eigenvalue weighted by molar-refractivity contribution is 0.394. The van der Waals surface area contributed by atoms with Crippen molar-refractivity contribution in [1.29, 1.82) is 0 Å². The van der Waals surface area contributed by atoms with Gasteiger partial charge in [-0.2, -0.15) is 8.42 Å². The molecule has 0 unspecified atom stereocenters. The van der Waals surface area contributed by atoms with Gasteiger partial charge in [-0.3, -0.25) is 9.71 Å². The molecule has 2 aromatic heterocycles. The first-order valence-corrected chi connectivity index (χ1v) is 9.41. The average Bonchev–Trinajstić information content (AvgIpc) is 2.69. The zero-order valence-electron chi connectivity index (χ0n) is 15.0. The first-order chi connectivity index (χ1) is 12.9. The average molecular weight is 386 g/mol. The van der Waals surface area contributed by atoms with E-state index in [-0.39, 0.29) is 10.9 Å². The standard InChI is InChI=1S/C18H18N4O4S/c1-12-4-5-13(15-7-6-14(25-2)10-19-15)8-16(12)22-27(23,24)18-9-17(26-3)20-11-21-18/h4-11,22H,1-3H3. The second-order valence-electron chi connectivity index (χ2n) is 5.62. The molecule has 0 spiro atoms. The van der Waals surface area contributed by atoms with Crippen molar-refractivity contribution < 1.29 is 17.9 Å². The summed E-state index contributed by atoms with van der Waals surface area (Å²) in [6, 6.07) is 10.3. The highest BCUT2D eigenvalue weighted by atomic mass is 32.2. The molecule has 2 heterocycles. The number of sulfonamides is 1. The molecule has 0 bridgehead atoms. The van der Waals surface area contributed by atoms with Crippen LogP contribution in [0.15, 0.2) is 53.9 Å². The summed E-state index contributed by atoms with van der Waals surface area (Å²) in [6.45, 7) is 1.81. The molecule has 1 N–H and O–H groups in total. The summed E-state index contributed by atoms with van der Waals surface area (Å²) in [5, 5.41) is -0.179. The third-order valence-corrected chi connectivity index (χ3v) is 5.11. The third kappa shape index (κ3) is 4.14. The Labute approximate surface area is 157 Å². The number of aryl methyl sites for hydroxylation is 1. The van der Waals surface area contributed by atoms with Crippen molar-refractivity contribution in [2.24, 2.45) is 0 Å². The van der Waals surface area contributed by atoms with Crippen molar-refractivity contribution >= 4 is 15.7 Å². The summed E-state index contributed by atoms with van der Waals surface area (Å²) >= 11 is 0. The van der Waals surface area contributed by atoms with Crippen LogP contribution in [0.2, 0.25) is 0 Å². The minimum Gasteiger partial charge on any atom is -0.495 e. The normalized spacial score (nSPS) is 11.1. The molecule has 0 atom stereocenters. The topological polar surface area (TPSA) is 103 Å². The van der Waals surface area contributed by atoms with Crippen molar-refractivity contribution in [2.45, 2.75) is 11.9 Å². The quantitative estimate of drug-likeness (QED) is 0.650. The Hall–Kier alpha value is -3.20. The van der Waals surface area contributed by atoms with E-state index in [1.807, 2.05) is 19.1 Å². The lowest BCUT2D eigenvalue weighted by Crippen LogP contribution is -2.15. The molecule has 3 aromatic rings. The maximum atomic E-state index is 12.7. The van der Waals surface area contributed by atoms with Crippen molar-refractivity contribution in [1.82, 2.24) is 15.0 Å². The van der Waals surface area contributed by atoms with Crippen LogP contribution in [0.25, 0.3) is 11.3 Å². The van der Waals surface area contributed by atoms with E-state index in [4.69, 9.17) is 9.47 Å². The maximum absolute atomic E-state index is 12.7. The van der Waals surface area contributed by atoms with Crippen LogP contribution in [0, 0.1) is 6.92 Å². The lowest BCUT2D eigenvalue weighted by atomic mass is 10.1. The van der Waals surface area contributed by atoms with E-state index < -0.39 is 10.0 Å². The minimum atomic E-state index is -3.90. The van der Waals surface area contributed by atoms with Gasteiger partial charge in [0.2, 0.25) is 5.88 Å². The number of hydrogen-bond acceptors (Lipinski definition) is 7. The van der Waals surface area contributed by atoms with Crippen LogP contribution in [0.1, 0.15) is 5.56 Å². The molecule has 8 nitrogen and oxygen atoms in total. The number of hydrogen-bond donors (Lipinski definition) is 1. The number of pyridine rings is 1. The Balaban J connectivity index is 1.94. The molecule has 0 aliphatic carbocycles. The van der Waals surface area contributed by atoms with Crippen molar-refractivity contribution in [3.63, 3.8) is 0 Å². The smallest absolute Gasteiger partial charge is 0.279 e. The van der Waals surface area contributed by atoms with Gasteiger partial charge in [-0.15, -0.1) is 0 Å². The fraction of sp³-hybridized carbons (Fsp3) is 0.167. The second-order valence-corrected chi connectivity index (χ2v) is 7.25. The van der Waals surface area contributed by atoms with Gasteiger partial charge in [-0.05, 0) is 30.7 Å². The first-order valence-electron chi connectivity index (χ1n) is 7.93. The fourth-order valence-corrected chi connectivity index (χ4v) is 3.40. The number of anilines is 1. The number of aromatic nitrogens is 3. The van der Waals surface area contributed by atoms with Crippen LogP contribution in [-0.2, 0) is 10.0 Å². The predicted octanol–water partition coefficient (Wildman–Crippen LogP) is 2.67. The highest BCUT2D eigenvalue weighted by Gasteiger charge is 2.18. The van der Waals surface area contributed by atoms with Gasteiger partial charge in [0, 0.05) is 11.6 Å². The van der Waals surface area contributed by atoms with Gasteiger partial charge in [0.25, 0.3) is 10.0 Å². The molecule has 1 aromatic carbocycles. The van der Waals surface area contributed by atoms with Gasteiger partial charge < -0.3 is 9.47 Å². The van der Waals surface area contributed by atoms with Crippen molar-refractivity contribution in [3.05, 3.63) is 54.5 Å². The van der Waals surface area contributed by atoms with Crippen LogP contribution in [0.3, 0.4) is 0 Å². The molecule has 140 valence electrons. The molecule has 0 fully saturated rings. The molecular weight excluding hydrogens is 368 g/mol. The monoisotopic (exact) mass is 386 g/mol. The maximum Gasteiger partial charge on any atom is 0.279 e. The van der Waals surface area contributed by atoms with Gasteiger partial charge in [0.05, 0.1) is 31.8 Å². The molecule has 27 heavy (non-hydrogen) atoms. The first kappa shape index (κ1) is 18.6. The molecule has 3 rings (SSSR count). The predicted molar refractivity (Wildman–Crippen MR) is 100 cm³/mol. The summed E-state index contributed by atoms with van der Waals surface area (Å²) in [6.07, 6.45) is 2.74. The summed E-state index contributed by atoms with van der Waals surface area (Å²) in [5.41, 5.74) is 2.65. The van der Waals surface area contributed by atoms with E-state index in [0.717, 1.165) is 17.5 Å². The van der Waals surface area contributed by atoms with Crippen molar-refractivity contribution in [2.75, 3.05) is 18.9 Å². The SMILES string of the molecule is COc1ccc(-c2ccc(C)c(NS(=O)(=O)c3cc(OC)ncn3)c2)nc1. The Morgan fingerprint density at radius 3 is 2.44 bits per heavy atom. The lowest BCUT2D eigenvalue weighted by Gasteiger charge is -2.12. The number of ether oxygens (including phenoxy) is 2. The third-order valence-electron chi connectivity index (χ3n) is 3.85. The Bertz CT molecular complexity index is 1050. The Morgan fingerprint density at radius 1 is 0.963 bits per heavy atom. The van der Waals surface area contributed by atoms with Crippen LogP contribution >= 0.6 is 0 Å². The van der Waals surface area contributed by atoms with E-state index in [0.29, 0.717) is 17.1 Å². The summed E-state index contributed by atoms with van der Waals surface area (Å²) in [4.78, 5) is 12.0. The van der Waals surface area contributed by atoms with Gasteiger partial charge in [0.1, 0.15) is 12.1 Å². The zero-order valence-corrected chi connectivity index (χ0v) is 15.8. The summed E-state index contributed by atoms with van der Waals surface area (Å²) in [7, 11) is -0.928. The molecule has 0 aliphatic rings. The molecule has 0 aliphatic heterocycles. The molecule has 0 amide bonds. The van der Waals surface area contributed by atoms with Crippen LogP contribution in [-0.4, -0.2) is 37.6 Å². The van der Waals surface area contributed by atoms with Crippen LogP contribution in [0.5, 0.6) is 11.6 Å². The van der Waals surface area contributed by atoms with Gasteiger partial charge in [-0.25, -0.2) is 9.97 Å². The van der Waals surface area contributed by atoms with E-state index >= 15 is 0 Å². The van der Waals surface area contributed by atoms with E-state index in [9.17, 15) is 8.42 Å². The number of rotatable bonds is 6. The Kier molecular flexibility index (Phi) is 5.22.